The molecular formula is C97H67F5N12O17. The molecule has 0 fully saturated rings. The molecule has 22 rings (SSSR count). The minimum Gasteiger partial charge on any atom is -0.492 e. The van der Waals surface area contributed by atoms with Crippen LogP contribution < -0.4 is 27.3 Å². The zero-order chi connectivity index (χ0) is 91.2. The minimum atomic E-state index is -1.36. The first-order valence-electron chi connectivity index (χ1n) is 40.6. The Kier molecular flexibility index (Phi) is 21.1. The summed E-state index contributed by atoms with van der Waals surface area (Å²) < 4.78 is 103. The third-order valence-electron chi connectivity index (χ3n) is 23.5. The van der Waals surface area contributed by atoms with Crippen LogP contribution in [0.3, 0.4) is 0 Å². The number of nitrogens with one attached hydrogen (secondary N) is 4. The van der Waals surface area contributed by atoms with Crippen LogP contribution in [0.5, 0.6) is 5.75 Å². The number of carboxylic acids is 4. The number of rotatable bonds is 17. The lowest BCUT2D eigenvalue weighted by molar-refractivity contribution is -0.113. The standard InChI is InChI=1S/C25H16F2N4O4.C25H18FN3O4.C24H18FN3O4.C23H15FN2O5/c26-15-8-17-14(24(28)30-29-17)7-11(15)10-31-18-9-16(27)12-5-6-35-23(12)21(18)20(22(31)25(33)34)13-3-1-2-4-19(13)32;26-16-10-18-17(27-12-28-18)9-14(16)11-29-19-6-5-13-7-8-33-24(13)22(19)21(23(29)25(31)32)15-3-1-2-4-20(15)30;25-17-10-18-20(22-15(17)7-9-32-22)19(16-2-1-8-27-23(16)29)21(24(30)31)28(18)12-14-5-3-13(11-26)4-6-14;24-15-10-16-20(22-13(15)6-8-31-22)19(14-3-1-2-4-17(14)27)21(23(29)30)26(16)11-12-5-7-25-18(28)9-12/h1-3,5-9H,4,10H2,(H,33,34)(H3,28,29,30);1-3,5-6,9-10,12H,4,7-8,11H2,(H,27,28)(H,31,32);1-10H,11-12,26H2,(H,27,29)(H,30,31);1-3,5-10H,4,11H2,(H,25,28)(H,29,30). The number of imidazole rings is 1. The molecule has 12 heterocycles. The molecule has 18 aromatic rings. The molecule has 0 saturated carbocycles. The maximum atomic E-state index is 15.0. The molecule has 0 spiro atoms. The zero-order valence-corrected chi connectivity index (χ0v) is 68.1. The number of allylic oxidation sites excluding steroid dienone is 12. The van der Waals surface area contributed by atoms with Crippen LogP contribution in [-0.2, 0) is 53.5 Å². The van der Waals surface area contributed by atoms with Gasteiger partial charge in [0.1, 0.15) is 74.4 Å². The second kappa shape index (κ2) is 33.2. The van der Waals surface area contributed by atoms with Crippen molar-refractivity contribution in [1.82, 2.24) is 48.4 Å². The van der Waals surface area contributed by atoms with Gasteiger partial charge in [0, 0.05) is 125 Å². The Hall–Kier alpha value is -17.3. The van der Waals surface area contributed by atoms with E-state index in [-0.39, 0.29) is 185 Å². The number of anilines is 1. The summed E-state index contributed by atoms with van der Waals surface area (Å²) >= 11 is 0. The number of carbonyl (C=O) groups excluding carboxylic acids is 3. The molecule has 0 atom stereocenters. The van der Waals surface area contributed by atoms with Crippen LogP contribution in [-0.4, -0.2) is 117 Å². The SMILES string of the molecule is NCc1ccc(Cn2c(C(=O)O)c(-c3ccc[nH]c3=O)c3c4occc4c(F)cc32)cc1.Nc1n[nH]c2cc(F)c(Cn3c(C(=O)O)c(C4=CC=CCC4=O)c4c5occc5c(F)cc43)cc12.O=C1CC=CC=C1c1c(C(=O)O)n(Cc2cc3[nH]cnc3cc2F)c2ccc3c(c12)OCC3.O=C1CC=CC=C1c1c(C(=O)O)n(Cc2cc[nH]c(=O)c2)c2cc(F)c3ccoc3c12. The van der Waals surface area contributed by atoms with E-state index in [1.165, 1.54) is 118 Å². The minimum absolute atomic E-state index is 0.00891. The Morgan fingerprint density at radius 2 is 0.939 bits per heavy atom. The lowest BCUT2D eigenvalue weighted by Crippen LogP contribution is -2.14. The zero-order valence-electron chi connectivity index (χ0n) is 68.1. The van der Waals surface area contributed by atoms with E-state index in [1.807, 2.05) is 36.4 Å². The quantitative estimate of drug-likeness (QED) is 0.0379. The van der Waals surface area contributed by atoms with Crippen LogP contribution in [0.25, 0.3) is 126 Å². The lowest BCUT2D eigenvalue weighted by Gasteiger charge is -2.12. The van der Waals surface area contributed by atoms with Crippen LogP contribution >= 0.6 is 0 Å². The van der Waals surface area contributed by atoms with Gasteiger partial charge < -0.3 is 83.1 Å². The van der Waals surface area contributed by atoms with E-state index in [0.717, 1.165) is 16.7 Å². The number of nitrogens with two attached hydrogens (primary N) is 2. The number of furan rings is 3. The highest BCUT2D eigenvalue weighted by atomic mass is 19.1. The number of Topliss-reactive ketones (excluding diaryl/α,β-unsaturated/α-hetero) is 3. The smallest absolute Gasteiger partial charge is 0.353 e. The van der Waals surface area contributed by atoms with E-state index in [1.54, 1.807) is 77.4 Å². The van der Waals surface area contributed by atoms with Gasteiger partial charge in [-0.2, -0.15) is 5.10 Å². The first kappa shape index (κ1) is 83.3. The Bertz CT molecular complexity index is 8330. The molecule has 652 valence electrons. The highest BCUT2D eigenvalue weighted by Crippen LogP contribution is 2.47. The summed E-state index contributed by atoms with van der Waals surface area (Å²) in [7, 11) is 0. The number of nitrogen functional groups attached to an aromatic ring is 1. The molecule has 34 heteroatoms. The molecule has 4 aliphatic rings. The molecule has 0 amide bonds. The Balaban J connectivity index is 0.000000113. The van der Waals surface area contributed by atoms with Gasteiger partial charge in [-0.25, -0.2) is 46.1 Å². The Morgan fingerprint density at radius 1 is 0.458 bits per heavy atom. The number of halogens is 5. The molecule has 3 aliphatic carbocycles. The molecule has 11 aromatic heterocycles. The van der Waals surface area contributed by atoms with Crippen molar-refractivity contribution in [2.75, 3.05) is 12.3 Å². The van der Waals surface area contributed by atoms with Crippen molar-refractivity contribution in [3.8, 4) is 16.9 Å². The van der Waals surface area contributed by atoms with E-state index in [0.29, 0.717) is 96.7 Å². The van der Waals surface area contributed by atoms with Crippen molar-refractivity contribution in [2.45, 2.75) is 58.4 Å². The largest absolute Gasteiger partial charge is 0.492 e. The van der Waals surface area contributed by atoms with E-state index in [9.17, 15) is 76.7 Å². The fourth-order valence-corrected chi connectivity index (χ4v) is 17.7. The van der Waals surface area contributed by atoms with Gasteiger partial charge in [-0.1, -0.05) is 85.0 Å². The first-order valence-corrected chi connectivity index (χ1v) is 40.6. The fraction of sp³-hybridized carbons (Fsp3) is 0.103. The summed E-state index contributed by atoms with van der Waals surface area (Å²) in [4.78, 5) is 125. The van der Waals surface area contributed by atoms with Crippen LogP contribution in [0.4, 0.5) is 27.8 Å². The average molecular weight is 1770 g/mol. The van der Waals surface area contributed by atoms with Gasteiger partial charge in [0.15, 0.2) is 23.2 Å². The van der Waals surface area contributed by atoms with Gasteiger partial charge in [0.2, 0.25) is 5.56 Å². The Morgan fingerprint density at radius 3 is 1.45 bits per heavy atom. The van der Waals surface area contributed by atoms with E-state index < -0.39 is 58.5 Å². The van der Waals surface area contributed by atoms with Crippen molar-refractivity contribution in [2.24, 2.45) is 5.73 Å². The fourth-order valence-electron chi connectivity index (χ4n) is 17.7. The summed E-state index contributed by atoms with van der Waals surface area (Å²) in [6.07, 6.45) is 24.4. The van der Waals surface area contributed by atoms with Crippen LogP contribution in [0.2, 0.25) is 0 Å². The van der Waals surface area contributed by atoms with E-state index in [2.05, 4.69) is 30.1 Å². The normalized spacial score (nSPS) is 13.6. The van der Waals surface area contributed by atoms with Gasteiger partial charge in [0.25, 0.3) is 5.56 Å². The van der Waals surface area contributed by atoms with Crippen molar-refractivity contribution in [3.63, 3.8) is 0 Å². The highest BCUT2D eigenvalue weighted by Gasteiger charge is 2.37. The highest BCUT2D eigenvalue weighted by molar-refractivity contribution is 6.32. The summed E-state index contributed by atoms with van der Waals surface area (Å²) in [6, 6.07) is 31.0. The van der Waals surface area contributed by atoms with Crippen molar-refractivity contribution < 1.29 is 93.9 Å². The molecule has 0 radical (unpaired) electrons. The molecule has 29 nitrogen and oxygen atoms in total. The maximum absolute atomic E-state index is 15.0. The molecule has 0 saturated heterocycles. The van der Waals surface area contributed by atoms with E-state index in [4.69, 9.17) is 29.5 Å². The van der Waals surface area contributed by atoms with Crippen molar-refractivity contribution in [1.29, 1.82) is 0 Å². The molecule has 0 unspecified atom stereocenters. The monoisotopic (exact) mass is 1770 g/mol. The summed E-state index contributed by atoms with van der Waals surface area (Å²) in [5, 5.41) is 49.9. The van der Waals surface area contributed by atoms with Gasteiger partial charge in [-0.05, 0) is 101 Å². The molecule has 131 heavy (non-hydrogen) atoms. The number of fused-ring (bicyclic) bond motifs is 14. The number of aromatic carboxylic acids is 4. The number of hydrogen-bond donors (Lipinski definition) is 10. The van der Waals surface area contributed by atoms with Crippen molar-refractivity contribution in [3.05, 3.63) is 336 Å². The third kappa shape index (κ3) is 14.5. The van der Waals surface area contributed by atoms with Crippen LogP contribution in [0.1, 0.15) is 111 Å². The topological polar surface area (TPSA) is 444 Å². The Labute approximate surface area is 730 Å². The number of carbonyl (C=O) groups is 7. The van der Waals surface area contributed by atoms with Gasteiger partial charge in [-0.3, -0.25) is 29.1 Å². The number of benzene rings is 7. The van der Waals surface area contributed by atoms with Crippen molar-refractivity contribution >= 4 is 162 Å². The molecule has 1 aliphatic heterocycles. The number of ether oxygens (including phenoxy) is 1. The maximum Gasteiger partial charge on any atom is 0.353 e. The number of nitrogens with zero attached hydrogens (tertiary/aromatic N) is 6. The number of pyridine rings is 2. The predicted molar refractivity (Wildman–Crippen MR) is 475 cm³/mol. The second-order valence-electron chi connectivity index (χ2n) is 31.1. The van der Waals surface area contributed by atoms with Crippen LogP contribution in [0, 0.1) is 29.1 Å². The number of hydrogen-bond acceptors (Lipinski definition) is 17. The number of aromatic nitrogens is 10. The number of carboxylic acid groups (broad SMARTS) is 4. The van der Waals surface area contributed by atoms with Gasteiger partial charge in [0.05, 0.1) is 127 Å². The predicted octanol–water partition coefficient (Wildman–Crippen LogP) is 17.0. The number of ketones is 3. The molecule has 12 N–H and O–H groups in total. The molecule has 7 aromatic carbocycles. The molecular weight excluding hydrogens is 1700 g/mol. The average Bonchev–Trinajstić information content (AvgIpc) is 1.59. The van der Waals surface area contributed by atoms with Gasteiger partial charge >= 0.3 is 23.9 Å². The number of aromatic amines is 4. The second-order valence-corrected chi connectivity index (χ2v) is 31.1. The summed E-state index contributed by atoms with van der Waals surface area (Å²) in [6.45, 7) is 0.710. The van der Waals surface area contributed by atoms with Crippen LogP contribution in [0.15, 0.2) is 236 Å². The summed E-state index contributed by atoms with van der Waals surface area (Å²) in [5.41, 5.74) is 18.7. The first-order chi connectivity index (χ1) is 63.3. The summed E-state index contributed by atoms with van der Waals surface area (Å²) in [5.74, 6) is -7.89. The number of H-pyrrole nitrogens is 4. The lowest BCUT2D eigenvalue weighted by atomic mass is 9.92. The van der Waals surface area contributed by atoms with E-state index >= 15 is 8.78 Å². The third-order valence-corrected chi connectivity index (χ3v) is 23.5. The van der Waals surface area contributed by atoms with Gasteiger partial charge in [-0.15, -0.1) is 0 Å². The molecule has 0 bridgehead atoms.